The molecule has 0 radical (unpaired) electrons. The zero-order valence-corrected chi connectivity index (χ0v) is 18.7. The first-order chi connectivity index (χ1) is 16.5. The summed E-state index contributed by atoms with van der Waals surface area (Å²) in [5.41, 5.74) is 6.74. The van der Waals surface area contributed by atoms with Gasteiger partial charge in [0.1, 0.15) is 11.4 Å². The summed E-state index contributed by atoms with van der Waals surface area (Å²) in [5, 5.41) is 11.3. The van der Waals surface area contributed by atoms with Gasteiger partial charge in [-0.2, -0.15) is 10.2 Å². The number of hydrazone groups is 1. The zero-order valence-electron chi connectivity index (χ0n) is 18.7. The highest BCUT2D eigenvalue weighted by Gasteiger charge is 2.15. The van der Waals surface area contributed by atoms with E-state index in [1.54, 1.807) is 30.1 Å². The van der Waals surface area contributed by atoms with Crippen molar-refractivity contribution in [3.8, 4) is 22.7 Å². The molecule has 1 heterocycles. The normalized spacial score (nSPS) is 10.8. The van der Waals surface area contributed by atoms with E-state index in [4.69, 9.17) is 9.84 Å². The van der Waals surface area contributed by atoms with Crippen LogP contribution in [0.3, 0.4) is 0 Å². The molecule has 170 valence electrons. The van der Waals surface area contributed by atoms with Crippen LogP contribution in [0.4, 0.5) is 5.69 Å². The second kappa shape index (κ2) is 10.3. The van der Waals surface area contributed by atoms with E-state index in [1.807, 2.05) is 73.7 Å². The highest BCUT2D eigenvalue weighted by Crippen LogP contribution is 2.25. The summed E-state index contributed by atoms with van der Waals surface area (Å²) in [6.45, 7) is 1.84. The molecule has 0 atom stereocenters. The van der Waals surface area contributed by atoms with Gasteiger partial charge in [0.15, 0.2) is 0 Å². The Labute approximate surface area is 196 Å². The summed E-state index contributed by atoms with van der Waals surface area (Å²) in [5.74, 6) is -0.948. The summed E-state index contributed by atoms with van der Waals surface area (Å²) in [7, 11) is 1.61. The molecule has 4 rings (SSSR count). The number of nitrogens with one attached hydrogen (secondary N) is 2. The van der Waals surface area contributed by atoms with Crippen LogP contribution in [0.5, 0.6) is 5.75 Å². The van der Waals surface area contributed by atoms with Crippen molar-refractivity contribution in [1.82, 2.24) is 15.2 Å². The molecule has 0 aliphatic carbocycles. The van der Waals surface area contributed by atoms with Crippen LogP contribution in [0.2, 0.25) is 0 Å². The van der Waals surface area contributed by atoms with Crippen LogP contribution in [-0.2, 0) is 9.59 Å². The summed E-state index contributed by atoms with van der Waals surface area (Å²) < 4.78 is 6.97. The predicted molar refractivity (Wildman–Crippen MR) is 131 cm³/mol. The van der Waals surface area contributed by atoms with Gasteiger partial charge in [-0.05, 0) is 55.0 Å². The molecule has 0 aliphatic heterocycles. The molecule has 0 saturated carbocycles. The van der Waals surface area contributed by atoms with Gasteiger partial charge in [0.05, 0.1) is 19.0 Å². The lowest BCUT2D eigenvalue weighted by atomic mass is 10.1. The predicted octanol–water partition coefficient (Wildman–Crippen LogP) is 3.95. The third-order valence-corrected chi connectivity index (χ3v) is 5.10. The van der Waals surface area contributed by atoms with Crippen molar-refractivity contribution in [3.63, 3.8) is 0 Å². The number of anilines is 1. The lowest BCUT2D eigenvalue weighted by molar-refractivity contribution is -0.136. The number of hydrogen-bond acceptors (Lipinski definition) is 5. The smallest absolute Gasteiger partial charge is 0.329 e. The fourth-order valence-corrected chi connectivity index (χ4v) is 3.27. The largest absolute Gasteiger partial charge is 0.497 e. The van der Waals surface area contributed by atoms with E-state index in [9.17, 15) is 9.59 Å². The maximum atomic E-state index is 12.2. The van der Waals surface area contributed by atoms with Gasteiger partial charge in [-0.1, -0.05) is 36.4 Å². The van der Waals surface area contributed by atoms with Crippen LogP contribution in [0.25, 0.3) is 16.9 Å². The number of carbonyl (C=O) groups excluding carboxylic acids is 2. The van der Waals surface area contributed by atoms with Crippen molar-refractivity contribution in [2.75, 3.05) is 12.4 Å². The van der Waals surface area contributed by atoms with Crippen molar-refractivity contribution in [2.24, 2.45) is 5.10 Å². The topological polar surface area (TPSA) is 97.6 Å². The highest BCUT2D eigenvalue weighted by molar-refractivity contribution is 6.39. The summed E-state index contributed by atoms with van der Waals surface area (Å²) in [6, 6.07) is 24.3. The number of aryl methyl sites for hydroxylation is 1. The molecule has 8 heteroatoms. The maximum absolute atomic E-state index is 12.2. The van der Waals surface area contributed by atoms with Gasteiger partial charge in [0, 0.05) is 23.0 Å². The van der Waals surface area contributed by atoms with Crippen LogP contribution in [-0.4, -0.2) is 34.9 Å². The quantitative estimate of drug-likeness (QED) is 0.262. The Morgan fingerprint density at radius 1 is 0.941 bits per heavy atom. The van der Waals surface area contributed by atoms with Gasteiger partial charge in [-0.3, -0.25) is 9.59 Å². The Morgan fingerprint density at radius 3 is 2.35 bits per heavy atom. The van der Waals surface area contributed by atoms with Gasteiger partial charge < -0.3 is 10.1 Å². The number of para-hydroxylation sites is 2. The Kier molecular flexibility index (Phi) is 6.78. The SMILES string of the molecule is COc1ccc(-c2nn(-c3ccccc3)cc2/C=N/NC(=O)C(=O)Nc2ccccc2C)cc1. The van der Waals surface area contributed by atoms with E-state index in [0.717, 1.165) is 22.6 Å². The fraction of sp³-hybridized carbons (Fsp3) is 0.0769. The Bertz CT molecular complexity index is 1330. The number of benzene rings is 3. The average Bonchev–Trinajstić information content (AvgIpc) is 3.30. The minimum absolute atomic E-state index is 0.567. The first-order valence-corrected chi connectivity index (χ1v) is 10.5. The number of aromatic nitrogens is 2. The monoisotopic (exact) mass is 453 g/mol. The maximum Gasteiger partial charge on any atom is 0.329 e. The standard InChI is InChI=1S/C26H23N5O3/c1-18-8-6-7-11-23(18)28-25(32)26(33)29-27-16-20-17-31(21-9-4-3-5-10-21)30-24(20)19-12-14-22(34-2)15-13-19/h3-17H,1-2H3,(H,28,32)(H,29,33)/b27-16+. The molecule has 0 unspecified atom stereocenters. The molecule has 0 fully saturated rings. The third kappa shape index (κ3) is 5.18. The van der Waals surface area contributed by atoms with Crippen LogP contribution < -0.4 is 15.5 Å². The second-order valence-electron chi connectivity index (χ2n) is 7.41. The van der Waals surface area contributed by atoms with Crippen LogP contribution in [0.1, 0.15) is 11.1 Å². The molecule has 1 aromatic heterocycles. The lowest BCUT2D eigenvalue weighted by Crippen LogP contribution is -2.32. The molecular formula is C26H23N5O3. The summed E-state index contributed by atoms with van der Waals surface area (Å²) in [4.78, 5) is 24.4. The molecule has 3 aromatic carbocycles. The zero-order chi connectivity index (χ0) is 23.9. The molecule has 8 nitrogen and oxygen atoms in total. The highest BCUT2D eigenvalue weighted by atomic mass is 16.5. The minimum atomic E-state index is -0.874. The molecule has 2 N–H and O–H groups in total. The van der Waals surface area contributed by atoms with Crippen molar-refractivity contribution in [2.45, 2.75) is 6.92 Å². The van der Waals surface area contributed by atoms with E-state index in [0.29, 0.717) is 16.9 Å². The minimum Gasteiger partial charge on any atom is -0.497 e. The van der Waals surface area contributed by atoms with Gasteiger partial charge in [-0.25, -0.2) is 10.1 Å². The van der Waals surface area contributed by atoms with Crippen molar-refractivity contribution in [1.29, 1.82) is 0 Å². The Morgan fingerprint density at radius 2 is 1.65 bits per heavy atom. The first-order valence-electron chi connectivity index (χ1n) is 10.5. The van der Waals surface area contributed by atoms with Crippen molar-refractivity contribution < 1.29 is 14.3 Å². The number of methoxy groups -OCH3 is 1. The van der Waals surface area contributed by atoms with E-state index in [1.165, 1.54) is 6.21 Å². The third-order valence-electron chi connectivity index (χ3n) is 5.10. The average molecular weight is 454 g/mol. The Balaban J connectivity index is 1.54. The fourth-order valence-electron chi connectivity index (χ4n) is 3.27. The summed E-state index contributed by atoms with van der Waals surface area (Å²) >= 11 is 0. The van der Waals surface area contributed by atoms with Crippen LogP contribution in [0.15, 0.2) is 90.2 Å². The second-order valence-corrected chi connectivity index (χ2v) is 7.41. The van der Waals surface area contributed by atoms with E-state index in [-0.39, 0.29) is 0 Å². The van der Waals surface area contributed by atoms with Gasteiger partial charge in [0.2, 0.25) is 0 Å². The first kappa shape index (κ1) is 22.5. The number of nitrogens with zero attached hydrogens (tertiary/aromatic N) is 3. The number of hydrogen-bond donors (Lipinski definition) is 2. The molecule has 4 aromatic rings. The van der Waals surface area contributed by atoms with E-state index in [2.05, 4.69) is 15.8 Å². The molecule has 34 heavy (non-hydrogen) atoms. The van der Waals surface area contributed by atoms with Crippen LogP contribution >= 0.6 is 0 Å². The number of carbonyl (C=O) groups is 2. The molecule has 0 spiro atoms. The van der Waals surface area contributed by atoms with Gasteiger partial charge >= 0.3 is 11.8 Å². The number of ether oxygens (including phenoxy) is 1. The lowest BCUT2D eigenvalue weighted by Gasteiger charge is -2.06. The van der Waals surface area contributed by atoms with Crippen molar-refractivity contribution >= 4 is 23.7 Å². The summed E-state index contributed by atoms with van der Waals surface area (Å²) in [6.07, 6.45) is 3.27. The Hall–Kier alpha value is -4.72. The molecular weight excluding hydrogens is 430 g/mol. The van der Waals surface area contributed by atoms with Crippen LogP contribution in [0, 0.1) is 6.92 Å². The molecule has 0 aliphatic rings. The molecule has 0 bridgehead atoms. The number of amides is 2. The number of rotatable bonds is 6. The van der Waals surface area contributed by atoms with E-state index < -0.39 is 11.8 Å². The van der Waals surface area contributed by atoms with E-state index >= 15 is 0 Å². The molecule has 2 amide bonds. The van der Waals surface area contributed by atoms with Gasteiger partial charge in [-0.15, -0.1) is 0 Å². The van der Waals surface area contributed by atoms with Gasteiger partial charge in [0.25, 0.3) is 0 Å². The molecule has 0 saturated heterocycles. The van der Waals surface area contributed by atoms with Crippen molar-refractivity contribution in [3.05, 3.63) is 96.2 Å².